The summed E-state index contributed by atoms with van der Waals surface area (Å²) in [6, 6.07) is 3.70. The Balaban J connectivity index is 1.69. The molecule has 0 bridgehead atoms. The summed E-state index contributed by atoms with van der Waals surface area (Å²) in [6.07, 6.45) is 5.30. The van der Waals surface area contributed by atoms with Crippen molar-refractivity contribution in [2.24, 2.45) is 0 Å². The van der Waals surface area contributed by atoms with Gasteiger partial charge in [0.05, 0.1) is 5.02 Å². The van der Waals surface area contributed by atoms with Gasteiger partial charge in [-0.15, -0.1) is 0 Å². The molecule has 0 radical (unpaired) electrons. The first-order valence-corrected chi connectivity index (χ1v) is 7.49. The SMILES string of the molecule is Clc1cc(Br)cnc1N1CCN(c2ncccn2)CC1. The maximum Gasteiger partial charge on any atom is 0.225 e. The summed E-state index contributed by atoms with van der Waals surface area (Å²) in [4.78, 5) is 17.3. The molecule has 2 aromatic heterocycles. The Kier molecular flexibility index (Phi) is 4.03. The van der Waals surface area contributed by atoms with E-state index in [1.807, 2.05) is 12.1 Å². The van der Waals surface area contributed by atoms with Crippen LogP contribution in [0.25, 0.3) is 0 Å². The van der Waals surface area contributed by atoms with E-state index in [1.165, 1.54) is 0 Å². The number of piperazine rings is 1. The molecule has 0 aromatic carbocycles. The van der Waals surface area contributed by atoms with Gasteiger partial charge in [-0.3, -0.25) is 0 Å². The molecule has 104 valence electrons. The molecule has 1 aliphatic heterocycles. The van der Waals surface area contributed by atoms with Gasteiger partial charge in [-0.25, -0.2) is 15.0 Å². The molecule has 20 heavy (non-hydrogen) atoms. The number of hydrogen-bond donors (Lipinski definition) is 0. The Morgan fingerprint density at radius 1 is 1.00 bits per heavy atom. The van der Waals surface area contributed by atoms with E-state index < -0.39 is 0 Å². The Labute approximate surface area is 130 Å². The fraction of sp³-hybridized carbons (Fsp3) is 0.308. The molecule has 2 aromatic rings. The first-order chi connectivity index (χ1) is 9.74. The molecule has 0 atom stereocenters. The minimum absolute atomic E-state index is 0.670. The third-order valence-corrected chi connectivity index (χ3v) is 3.91. The fourth-order valence-electron chi connectivity index (χ4n) is 2.21. The predicted molar refractivity (Wildman–Crippen MR) is 83.4 cm³/mol. The number of hydrogen-bond acceptors (Lipinski definition) is 5. The Hall–Kier alpha value is -1.40. The van der Waals surface area contributed by atoms with Crippen LogP contribution >= 0.6 is 27.5 Å². The Morgan fingerprint density at radius 3 is 2.30 bits per heavy atom. The summed E-state index contributed by atoms with van der Waals surface area (Å²) >= 11 is 9.61. The van der Waals surface area contributed by atoms with Crippen LogP contribution < -0.4 is 9.80 Å². The lowest BCUT2D eigenvalue weighted by atomic mass is 10.3. The van der Waals surface area contributed by atoms with Crippen LogP contribution in [0.5, 0.6) is 0 Å². The quantitative estimate of drug-likeness (QED) is 0.829. The van der Waals surface area contributed by atoms with E-state index >= 15 is 0 Å². The van der Waals surface area contributed by atoms with Crippen molar-refractivity contribution < 1.29 is 0 Å². The van der Waals surface area contributed by atoms with Gasteiger partial charge < -0.3 is 9.80 Å². The number of aromatic nitrogens is 3. The average Bonchev–Trinajstić information content (AvgIpc) is 2.48. The van der Waals surface area contributed by atoms with Crippen molar-refractivity contribution in [3.05, 3.63) is 40.2 Å². The molecule has 0 saturated carbocycles. The highest BCUT2D eigenvalue weighted by atomic mass is 79.9. The van der Waals surface area contributed by atoms with Gasteiger partial charge in [-0.2, -0.15) is 0 Å². The van der Waals surface area contributed by atoms with Crippen LogP contribution in [0.3, 0.4) is 0 Å². The van der Waals surface area contributed by atoms with Gasteiger partial charge in [-0.05, 0) is 28.1 Å². The monoisotopic (exact) mass is 353 g/mol. The number of rotatable bonds is 2. The molecule has 0 N–H and O–H groups in total. The van der Waals surface area contributed by atoms with Gasteiger partial charge >= 0.3 is 0 Å². The smallest absolute Gasteiger partial charge is 0.225 e. The Bertz CT molecular complexity index is 587. The standard InChI is InChI=1S/C13H13BrClN5/c14-10-8-11(15)12(18-9-10)19-4-6-20(7-5-19)13-16-2-1-3-17-13/h1-3,8-9H,4-7H2. The van der Waals surface area contributed by atoms with Crippen molar-refractivity contribution in [1.82, 2.24) is 15.0 Å². The zero-order chi connectivity index (χ0) is 13.9. The molecule has 0 aliphatic carbocycles. The van der Waals surface area contributed by atoms with Gasteiger partial charge in [0.15, 0.2) is 0 Å². The lowest BCUT2D eigenvalue weighted by Crippen LogP contribution is -2.47. The van der Waals surface area contributed by atoms with E-state index in [0.717, 1.165) is 42.4 Å². The van der Waals surface area contributed by atoms with Crippen LogP contribution in [0.4, 0.5) is 11.8 Å². The van der Waals surface area contributed by atoms with Crippen LogP contribution in [-0.4, -0.2) is 41.1 Å². The van der Waals surface area contributed by atoms with Crippen LogP contribution in [0.2, 0.25) is 5.02 Å². The summed E-state index contributed by atoms with van der Waals surface area (Å²) < 4.78 is 0.891. The Morgan fingerprint density at radius 2 is 1.65 bits per heavy atom. The predicted octanol–water partition coefficient (Wildman–Crippen LogP) is 2.61. The highest BCUT2D eigenvalue weighted by Gasteiger charge is 2.21. The van der Waals surface area contributed by atoms with Crippen molar-refractivity contribution in [2.75, 3.05) is 36.0 Å². The van der Waals surface area contributed by atoms with Gasteiger partial charge in [0, 0.05) is 49.2 Å². The fourth-order valence-corrected chi connectivity index (χ4v) is 2.96. The first kappa shape index (κ1) is 13.6. The number of nitrogens with zero attached hydrogens (tertiary/aromatic N) is 5. The second-order valence-corrected chi connectivity index (χ2v) is 5.80. The van der Waals surface area contributed by atoms with E-state index in [-0.39, 0.29) is 0 Å². The number of pyridine rings is 1. The molecule has 0 unspecified atom stereocenters. The van der Waals surface area contributed by atoms with E-state index in [4.69, 9.17) is 11.6 Å². The molecule has 0 amide bonds. The molecule has 1 saturated heterocycles. The topological polar surface area (TPSA) is 45.2 Å². The molecule has 1 fully saturated rings. The maximum atomic E-state index is 6.24. The van der Waals surface area contributed by atoms with Crippen LogP contribution in [0, 0.1) is 0 Å². The van der Waals surface area contributed by atoms with Crippen LogP contribution in [-0.2, 0) is 0 Å². The second kappa shape index (κ2) is 5.93. The average molecular weight is 355 g/mol. The third-order valence-electron chi connectivity index (χ3n) is 3.20. The van der Waals surface area contributed by atoms with E-state index in [2.05, 4.69) is 40.7 Å². The molecule has 3 rings (SSSR count). The lowest BCUT2D eigenvalue weighted by molar-refractivity contribution is 0.634. The molecular weight excluding hydrogens is 342 g/mol. The molecule has 1 aliphatic rings. The molecular formula is C13H13BrClN5. The van der Waals surface area contributed by atoms with Gasteiger partial charge in [-0.1, -0.05) is 11.6 Å². The van der Waals surface area contributed by atoms with Crippen LogP contribution in [0.1, 0.15) is 0 Å². The van der Waals surface area contributed by atoms with Crippen molar-refractivity contribution in [1.29, 1.82) is 0 Å². The van der Waals surface area contributed by atoms with Crippen LogP contribution in [0.15, 0.2) is 35.2 Å². The number of anilines is 2. The molecule has 3 heterocycles. The zero-order valence-corrected chi connectivity index (χ0v) is 13.0. The second-order valence-electron chi connectivity index (χ2n) is 4.48. The van der Waals surface area contributed by atoms with Gasteiger partial charge in [0.25, 0.3) is 0 Å². The summed E-state index contributed by atoms with van der Waals surface area (Å²) in [5.74, 6) is 1.62. The van der Waals surface area contributed by atoms with Crippen molar-refractivity contribution in [3.63, 3.8) is 0 Å². The summed E-state index contributed by atoms with van der Waals surface area (Å²) in [7, 11) is 0. The molecule has 0 spiro atoms. The molecule has 7 heteroatoms. The van der Waals surface area contributed by atoms with Gasteiger partial charge in [0.1, 0.15) is 5.82 Å². The van der Waals surface area contributed by atoms with E-state index in [1.54, 1.807) is 18.6 Å². The van der Waals surface area contributed by atoms with Crippen molar-refractivity contribution in [2.45, 2.75) is 0 Å². The summed E-state index contributed by atoms with van der Waals surface area (Å²) in [5, 5.41) is 0.670. The van der Waals surface area contributed by atoms with E-state index in [0.29, 0.717) is 5.02 Å². The number of halogens is 2. The summed E-state index contributed by atoms with van der Waals surface area (Å²) in [6.45, 7) is 3.43. The maximum absolute atomic E-state index is 6.24. The first-order valence-electron chi connectivity index (χ1n) is 6.32. The molecule has 5 nitrogen and oxygen atoms in total. The highest BCUT2D eigenvalue weighted by Crippen LogP contribution is 2.27. The van der Waals surface area contributed by atoms with Crippen molar-refractivity contribution in [3.8, 4) is 0 Å². The zero-order valence-electron chi connectivity index (χ0n) is 10.7. The van der Waals surface area contributed by atoms with Gasteiger partial charge in [0.2, 0.25) is 5.95 Å². The highest BCUT2D eigenvalue weighted by molar-refractivity contribution is 9.10. The largest absolute Gasteiger partial charge is 0.352 e. The summed E-state index contributed by atoms with van der Waals surface area (Å²) in [5.41, 5.74) is 0. The lowest BCUT2D eigenvalue weighted by Gasteiger charge is -2.35. The van der Waals surface area contributed by atoms with E-state index in [9.17, 15) is 0 Å². The van der Waals surface area contributed by atoms with Crippen molar-refractivity contribution >= 4 is 39.3 Å². The minimum Gasteiger partial charge on any atom is -0.352 e. The minimum atomic E-state index is 0.670. The normalized spacial score (nSPS) is 15.5. The third kappa shape index (κ3) is 2.86.